The molecule has 2 aromatic heterocycles. The van der Waals surface area contributed by atoms with Crippen molar-refractivity contribution in [3.8, 4) is 0 Å². The van der Waals surface area contributed by atoms with Gasteiger partial charge in [-0.15, -0.1) is 11.3 Å². The molecule has 0 spiro atoms. The van der Waals surface area contributed by atoms with Crippen LogP contribution in [0, 0.1) is 11.3 Å². The lowest BCUT2D eigenvalue weighted by Gasteiger charge is -2.28. The molecule has 3 heterocycles. The number of carbonyl (C=O) groups is 2. The summed E-state index contributed by atoms with van der Waals surface area (Å²) in [6.45, 7) is 3.09. The number of fused-ring (bicyclic) bond motifs is 1. The maximum Gasteiger partial charge on any atom is 0.490 e. The summed E-state index contributed by atoms with van der Waals surface area (Å²) < 4.78 is 37.8. The minimum Gasteiger partial charge on any atom is -0.475 e. The first-order valence-electron chi connectivity index (χ1n) is 9.81. The number of hydrogen-bond acceptors (Lipinski definition) is 5. The van der Waals surface area contributed by atoms with Gasteiger partial charge in [0.25, 0.3) is 5.91 Å². The fourth-order valence-corrected chi connectivity index (χ4v) is 4.90. The Morgan fingerprint density at radius 3 is 2.61 bits per heavy atom. The van der Waals surface area contributed by atoms with Crippen LogP contribution in [-0.2, 0) is 16.1 Å². The van der Waals surface area contributed by atoms with E-state index in [1.807, 2.05) is 34.5 Å². The molecule has 1 aliphatic heterocycles. The minimum atomic E-state index is -5.08. The number of carboxylic acid groups (broad SMARTS) is 1. The van der Waals surface area contributed by atoms with Gasteiger partial charge in [-0.25, -0.2) is 4.79 Å². The summed E-state index contributed by atoms with van der Waals surface area (Å²) in [5.41, 5.74) is 1.31. The summed E-state index contributed by atoms with van der Waals surface area (Å²) in [4.78, 5) is 28.5. The zero-order valence-electron chi connectivity index (χ0n) is 16.7. The highest BCUT2D eigenvalue weighted by Gasteiger charge is 2.50. The third-order valence-electron chi connectivity index (χ3n) is 5.71. The van der Waals surface area contributed by atoms with Crippen LogP contribution in [0.1, 0.15) is 34.5 Å². The number of thiophene rings is 1. The quantitative estimate of drug-likeness (QED) is 0.728. The van der Waals surface area contributed by atoms with Gasteiger partial charge < -0.3 is 14.7 Å². The van der Waals surface area contributed by atoms with Gasteiger partial charge in [0, 0.05) is 30.9 Å². The number of rotatable bonds is 5. The largest absolute Gasteiger partial charge is 0.490 e. The molecule has 10 heteroatoms. The third-order valence-corrected chi connectivity index (χ3v) is 6.57. The van der Waals surface area contributed by atoms with Crippen molar-refractivity contribution in [2.45, 2.75) is 32.0 Å². The molecule has 1 saturated heterocycles. The van der Waals surface area contributed by atoms with Crippen molar-refractivity contribution in [2.75, 3.05) is 19.7 Å². The lowest BCUT2D eigenvalue weighted by molar-refractivity contribution is -0.192. The van der Waals surface area contributed by atoms with E-state index in [0.717, 1.165) is 30.1 Å². The summed E-state index contributed by atoms with van der Waals surface area (Å²) in [6, 6.07) is 7.85. The molecule has 0 unspecified atom stereocenters. The molecular formula is C21H23F3N2O4S. The van der Waals surface area contributed by atoms with E-state index in [-0.39, 0.29) is 11.3 Å². The van der Waals surface area contributed by atoms with Gasteiger partial charge in [-0.1, -0.05) is 12.5 Å². The van der Waals surface area contributed by atoms with E-state index in [2.05, 4.69) is 4.98 Å². The lowest BCUT2D eigenvalue weighted by atomic mass is 9.81. The van der Waals surface area contributed by atoms with Crippen LogP contribution in [0.25, 0.3) is 0 Å². The van der Waals surface area contributed by atoms with Crippen LogP contribution in [0.3, 0.4) is 0 Å². The zero-order chi connectivity index (χ0) is 22.5. The summed E-state index contributed by atoms with van der Waals surface area (Å²) in [5.74, 6) is -1.99. The van der Waals surface area contributed by atoms with Gasteiger partial charge >= 0.3 is 12.1 Å². The van der Waals surface area contributed by atoms with E-state index in [1.54, 1.807) is 12.4 Å². The van der Waals surface area contributed by atoms with Gasteiger partial charge in [0.05, 0.1) is 18.1 Å². The standard InChI is InChI=1S/C19H22N2O2S.C2HF3O2/c22-18(17-4-2-10-24-17)21-11-16-3-1-7-19(16,13-21)14-23-12-15-5-8-20-9-6-15;3-2(4,5)1(6)7/h2,4-6,8-10,16H,1,3,7,11-14H2;(H,6,7)/t16-,19+;/m1./s1. The van der Waals surface area contributed by atoms with E-state index >= 15 is 0 Å². The lowest BCUT2D eigenvalue weighted by Crippen LogP contribution is -2.34. The van der Waals surface area contributed by atoms with Crippen LogP contribution in [0.5, 0.6) is 0 Å². The molecule has 2 fully saturated rings. The normalized spacial score (nSPS) is 22.5. The molecular weight excluding hydrogens is 433 g/mol. The molecule has 4 rings (SSSR count). The molecule has 0 radical (unpaired) electrons. The maximum absolute atomic E-state index is 12.7. The monoisotopic (exact) mass is 456 g/mol. The first kappa shape index (κ1) is 23.2. The molecule has 6 nitrogen and oxygen atoms in total. The smallest absolute Gasteiger partial charge is 0.475 e. The van der Waals surface area contributed by atoms with Crippen LogP contribution in [0.2, 0.25) is 0 Å². The number of carbonyl (C=O) groups excluding carboxylic acids is 1. The number of halogens is 3. The molecule has 0 aromatic carbocycles. The zero-order valence-corrected chi connectivity index (χ0v) is 17.5. The van der Waals surface area contributed by atoms with Crippen molar-refractivity contribution in [1.82, 2.24) is 9.88 Å². The Morgan fingerprint density at radius 2 is 2.00 bits per heavy atom. The maximum atomic E-state index is 12.7. The average Bonchev–Trinajstić information content (AvgIpc) is 3.44. The van der Waals surface area contributed by atoms with Crippen LogP contribution in [0.15, 0.2) is 42.0 Å². The Balaban J connectivity index is 0.000000339. The number of ether oxygens (including phenoxy) is 1. The van der Waals surface area contributed by atoms with Gasteiger partial charge in [0.1, 0.15) is 0 Å². The Labute approximate surface area is 181 Å². The average molecular weight is 456 g/mol. The third kappa shape index (κ3) is 5.82. The van der Waals surface area contributed by atoms with Gasteiger partial charge in [-0.3, -0.25) is 9.78 Å². The highest BCUT2D eigenvalue weighted by atomic mass is 32.1. The second kappa shape index (κ2) is 9.78. The van der Waals surface area contributed by atoms with Gasteiger partial charge in [-0.05, 0) is 47.9 Å². The number of aromatic nitrogens is 1. The Bertz CT molecular complexity index is 877. The van der Waals surface area contributed by atoms with Crippen molar-refractivity contribution in [1.29, 1.82) is 0 Å². The number of alkyl halides is 3. The SMILES string of the molecule is O=C(O)C(F)(F)F.O=C(c1cccs1)N1C[C@H]2CCC[C@@]2(COCc2ccncc2)C1. The van der Waals surface area contributed by atoms with Crippen molar-refractivity contribution < 1.29 is 32.6 Å². The van der Waals surface area contributed by atoms with Gasteiger partial charge in [0.15, 0.2) is 0 Å². The highest BCUT2D eigenvalue weighted by molar-refractivity contribution is 7.12. The van der Waals surface area contributed by atoms with E-state index in [4.69, 9.17) is 14.6 Å². The number of amides is 1. The number of pyridine rings is 1. The second-order valence-electron chi connectivity index (χ2n) is 7.77. The second-order valence-corrected chi connectivity index (χ2v) is 8.71. The number of carboxylic acids is 1. The molecule has 2 aromatic rings. The van der Waals surface area contributed by atoms with Crippen molar-refractivity contribution in [3.63, 3.8) is 0 Å². The first-order chi connectivity index (χ1) is 14.7. The summed E-state index contributed by atoms with van der Waals surface area (Å²) in [5, 5.41) is 9.09. The van der Waals surface area contributed by atoms with Crippen LogP contribution in [-0.4, -0.2) is 52.7 Å². The molecule has 1 amide bonds. The van der Waals surface area contributed by atoms with E-state index in [1.165, 1.54) is 30.6 Å². The Kier molecular flexibility index (Phi) is 7.32. The fraction of sp³-hybridized carbons (Fsp3) is 0.476. The van der Waals surface area contributed by atoms with Crippen molar-refractivity contribution in [3.05, 3.63) is 52.5 Å². The van der Waals surface area contributed by atoms with Crippen molar-refractivity contribution in [2.24, 2.45) is 11.3 Å². The molecule has 2 aliphatic rings. The molecule has 1 saturated carbocycles. The van der Waals surface area contributed by atoms with E-state index in [9.17, 15) is 18.0 Å². The predicted octanol–water partition coefficient (Wildman–Crippen LogP) is 4.24. The first-order valence-corrected chi connectivity index (χ1v) is 10.7. The molecule has 1 aliphatic carbocycles. The highest BCUT2D eigenvalue weighted by Crippen LogP contribution is 2.49. The molecule has 31 heavy (non-hydrogen) atoms. The van der Waals surface area contributed by atoms with Crippen molar-refractivity contribution >= 4 is 23.2 Å². The topological polar surface area (TPSA) is 79.7 Å². The summed E-state index contributed by atoms with van der Waals surface area (Å²) >= 11 is 1.53. The van der Waals surface area contributed by atoms with Crippen LogP contribution in [0.4, 0.5) is 13.2 Å². The predicted molar refractivity (Wildman–Crippen MR) is 108 cm³/mol. The van der Waals surface area contributed by atoms with Gasteiger partial charge in [0.2, 0.25) is 0 Å². The number of nitrogens with zero attached hydrogens (tertiary/aromatic N) is 2. The van der Waals surface area contributed by atoms with Crippen LogP contribution < -0.4 is 0 Å². The Hall–Kier alpha value is -2.46. The van der Waals surface area contributed by atoms with Gasteiger partial charge in [-0.2, -0.15) is 13.2 Å². The Morgan fingerprint density at radius 1 is 1.29 bits per heavy atom. The summed E-state index contributed by atoms with van der Waals surface area (Å²) in [6.07, 6.45) is 2.15. The number of likely N-dealkylation sites (tertiary alicyclic amines) is 1. The number of hydrogen-bond donors (Lipinski definition) is 1. The molecule has 1 N–H and O–H groups in total. The molecule has 168 valence electrons. The summed E-state index contributed by atoms with van der Waals surface area (Å²) in [7, 11) is 0. The van der Waals surface area contributed by atoms with E-state index < -0.39 is 12.1 Å². The molecule has 2 atom stereocenters. The van der Waals surface area contributed by atoms with E-state index in [0.29, 0.717) is 12.5 Å². The minimum absolute atomic E-state index is 0.153. The van der Waals surface area contributed by atoms with Crippen LogP contribution >= 0.6 is 11.3 Å². The molecule has 0 bridgehead atoms. The number of aliphatic carboxylic acids is 1. The fourth-order valence-electron chi connectivity index (χ4n) is 4.21.